The Hall–Kier alpha value is -3.04. The van der Waals surface area contributed by atoms with Crippen LogP contribution >= 0.6 is 0 Å². The van der Waals surface area contributed by atoms with E-state index in [1.165, 1.54) is 10.8 Å². The third-order valence-electron chi connectivity index (χ3n) is 3.80. The summed E-state index contributed by atoms with van der Waals surface area (Å²) < 4.78 is 6.53. The lowest BCUT2D eigenvalue weighted by atomic mass is 10.1. The summed E-state index contributed by atoms with van der Waals surface area (Å²) in [6.45, 7) is 6.92. The van der Waals surface area contributed by atoms with Crippen LogP contribution in [0.1, 0.15) is 30.8 Å². The van der Waals surface area contributed by atoms with Crippen molar-refractivity contribution in [3.8, 4) is 0 Å². The van der Waals surface area contributed by atoms with E-state index in [1.54, 1.807) is 27.7 Å². The van der Waals surface area contributed by atoms with Gasteiger partial charge in [0.2, 0.25) is 5.91 Å². The molecule has 0 saturated heterocycles. The van der Waals surface area contributed by atoms with Crippen molar-refractivity contribution in [3.05, 3.63) is 23.3 Å². The number of ether oxygens (including phenoxy) is 1. The fourth-order valence-electron chi connectivity index (χ4n) is 2.43. The molecule has 0 aliphatic rings. The lowest BCUT2D eigenvalue weighted by Gasteiger charge is -2.14. The summed E-state index contributed by atoms with van der Waals surface area (Å²) >= 11 is 0. The van der Waals surface area contributed by atoms with Crippen LogP contribution in [-0.4, -0.2) is 56.6 Å². The third kappa shape index (κ3) is 4.52. The van der Waals surface area contributed by atoms with Crippen molar-refractivity contribution in [2.45, 2.75) is 40.2 Å². The minimum Gasteiger partial charge on any atom is -0.455 e. The van der Waals surface area contributed by atoms with Crippen LogP contribution in [0.3, 0.4) is 0 Å². The summed E-state index contributed by atoms with van der Waals surface area (Å²) in [5.41, 5.74) is 2.05. The van der Waals surface area contributed by atoms with Gasteiger partial charge in [-0.1, -0.05) is 0 Å². The highest BCUT2D eigenvalue weighted by Gasteiger charge is 2.18. The van der Waals surface area contributed by atoms with Gasteiger partial charge >= 0.3 is 5.97 Å². The molecule has 0 fully saturated rings. The molecule has 10 nitrogen and oxygen atoms in total. The maximum absolute atomic E-state index is 12.1. The first-order chi connectivity index (χ1) is 12.3. The van der Waals surface area contributed by atoms with Crippen LogP contribution in [-0.2, 0) is 25.5 Å². The van der Waals surface area contributed by atoms with Crippen LogP contribution in [0.2, 0.25) is 0 Å². The van der Waals surface area contributed by atoms with Gasteiger partial charge in [-0.2, -0.15) is 10.1 Å². The van der Waals surface area contributed by atoms with E-state index < -0.39 is 24.5 Å². The second-order valence-corrected chi connectivity index (χ2v) is 5.75. The van der Waals surface area contributed by atoms with Gasteiger partial charge in [-0.25, -0.2) is 9.50 Å². The van der Waals surface area contributed by atoms with Gasteiger partial charge in [0.15, 0.2) is 6.61 Å². The highest BCUT2D eigenvalue weighted by molar-refractivity contribution is 5.88. The van der Waals surface area contributed by atoms with Crippen LogP contribution in [0.15, 0.2) is 6.33 Å². The SMILES string of the molecule is CCNC(=O)[C@H](C)NC(=O)COC(=O)Cc1c(C)nc2ncnn2c1C. The van der Waals surface area contributed by atoms with Gasteiger partial charge in [-0.15, -0.1) is 0 Å². The van der Waals surface area contributed by atoms with E-state index in [-0.39, 0.29) is 12.3 Å². The van der Waals surface area contributed by atoms with Gasteiger partial charge in [0.05, 0.1) is 6.42 Å². The van der Waals surface area contributed by atoms with Crippen molar-refractivity contribution >= 4 is 23.6 Å². The summed E-state index contributed by atoms with van der Waals surface area (Å²) in [4.78, 5) is 43.7. The zero-order valence-electron chi connectivity index (χ0n) is 15.2. The van der Waals surface area contributed by atoms with Crippen LogP contribution in [0.5, 0.6) is 0 Å². The fraction of sp³-hybridized carbons (Fsp3) is 0.500. The molecular formula is C16H22N6O4. The molecule has 0 radical (unpaired) electrons. The Labute approximate surface area is 150 Å². The van der Waals surface area contributed by atoms with E-state index in [9.17, 15) is 14.4 Å². The first-order valence-corrected chi connectivity index (χ1v) is 8.22. The fourth-order valence-corrected chi connectivity index (χ4v) is 2.43. The topological polar surface area (TPSA) is 128 Å². The Morgan fingerprint density at radius 2 is 2.04 bits per heavy atom. The van der Waals surface area contributed by atoms with Gasteiger partial charge in [0.25, 0.3) is 11.7 Å². The molecule has 0 saturated carbocycles. The Balaban J connectivity index is 1.91. The van der Waals surface area contributed by atoms with Crippen molar-refractivity contribution in [3.63, 3.8) is 0 Å². The number of likely N-dealkylation sites (N-methyl/N-ethyl adjacent to an activating group) is 1. The summed E-state index contributed by atoms with van der Waals surface area (Å²) in [7, 11) is 0. The van der Waals surface area contributed by atoms with E-state index in [2.05, 4.69) is 25.7 Å². The maximum Gasteiger partial charge on any atom is 0.310 e. The Morgan fingerprint density at radius 3 is 2.73 bits per heavy atom. The van der Waals surface area contributed by atoms with E-state index in [1.807, 2.05) is 0 Å². The number of rotatable bonds is 7. The average Bonchev–Trinajstić information content (AvgIpc) is 3.05. The average molecular weight is 362 g/mol. The summed E-state index contributed by atoms with van der Waals surface area (Å²) in [5, 5.41) is 9.11. The number of hydrogen-bond donors (Lipinski definition) is 2. The first kappa shape index (κ1) is 19.3. The number of fused-ring (bicyclic) bond motifs is 1. The molecule has 2 N–H and O–H groups in total. The van der Waals surface area contributed by atoms with Crippen LogP contribution < -0.4 is 10.6 Å². The minimum absolute atomic E-state index is 0.0420. The molecule has 2 rings (SSSR count). The first-order valence-electron chi connectivity index (χ1n) is 8.22. The molecule has 2 heterocycles. The maximum atomic E-state index is 12.1. The van der Waals surface area contributed by atoms with Crippen molar-refractivity contribution in [1.29, 1.82) is 0 Å². The molecule has 2 aromatic heterocycles. The van der Waals surface area contributed by atoms with Crippen LogP contribution in [0.25, 0.3) is 5.78 Å². The third-order valence-corrected chi connectivity index (χ3v) is 3.80. The molecule has 0 aliphatic heterocycles. The molecule has 0 bridgehead atoms. The molecule has 2 amide bonds. The predicted molar refractivity (Wildman–Crippen MR) is 91.2 cm³/mol. The van der Waals surface area contributed by atoms with Crippen molar-refractivity contribution in [2.24, 2.45) is 0 Å². The van der Waals surface area contributed by atoms with Gasteiger partial charge in [0, 0.05) is 23.5 Å². The number of esters is 1. The quantitative estimate of drug-likeness (QED) is 0.634. The van der Waals surface area contributed by atoms with E-state index in [0.717, 1.165) is 5.69 Å². The lowest BCUT2D eigenvalue weighted by molar-refractivity contribution is -0.148. The van der Waals surface area contributed by atoms with Crippen LogP contribution in [0.4, 0.5) is 0 Å². The summed E-state index contributed by atoms with van der Waals surface area (Å²) in [6, 6.07) is -0.704. The molecule has 0 spiro atoms. The largest absolute Gasteiger partial charge is 0.455 e. The lowest BCUT2D eigenvalue weighted by Crippen LogP contribution is -2.46. The number of aromatic nitrogens is 4. The van der Waals surface area contributed by atoms with Gasteiger partial charge in [-0.3, -0.25) is 14.4 Å². The molecule has 2 aromatic rings. The monoisotopic (exact) mass is 362 g/mol. The minimum atomic E-state index is -0.704. The standard InChI is InChI=1S/C16H22N6O4/c1-5-17-15(25)10(3)20-13(23)7-26-14(24)6-12-9(2)21-16-18-8-19-22(16)11(12)4/h8,10H,5-7H2,1-4H3,(H,17,25)(H,20,23)/t10-/m0/s1. The molecule has 1 atom stereocenters. The van der Waals surface area contributed by atoms with Gasteiger partial charge in [0.1, 0.15) is 12.4 Å². The molecule has 26 heavy (non-hydrogen) atoms. The Bertz CT molecular complexity index is 831. The van der Waals surface area contributed by atoms with E-state index >= 15 is 0 Å². The smallest absolute Gasteiger partial charge is 0.310 e. The number of amides is 2. The van der Waals surface area contributed by atoms with Gasteiger partial charge in [-0.05, 0) is 27.7 Å². The number of nitrogens with zero attached hydrogens (tertiary/aromatic N) is 4. The van der Waals surface area contributed by atoms with Crippen molar-refractivity contribution < 1.29 is 19.1 Å². The molecular weight excluding hydrogens is 340 g/mol. The molecule has 140 valence electrons. The summed E-state index contributed by atoms with van der Waals surface area (Å²) in [6.07, 6.45) is 1.34. The normalized spacial score (nSPS) is 11.8. The number of hydrogen-bond acceptors (Lipinski definition) is 7. The Morgan fingerprint density at radius 1 is 1.31 bits per heavy atom. The molecule has 10 heteroatoms. The molecule has 0 unspecified atom stereocenters. The number of carbonyl (C=O) groups excluding carboxylic acids is 3. The predicted octanol–water partition coefficient (Wildman–Crippen LogP) is -0.532. The Kier molecular flexibility index (Phi) is 6.21. The number of aryl methyl sites for hydroxylation is 2. The molecule has 0 aliphatic carbocycles. The second-order valence-electron chi connectivity index (χ2n) is 5.75. The van der Waals surface area contributed by atoms with Crippen molar-refractivity contribution in [1.82, 2.24) is 30.2 Å². The summed E-state index contributed by atoms with van der Waals surface area (Å²) in [5.74, 6) is -0.963. The second kappa shape index (κ2) is 8.37. The van der Waals surface area contributed by atoms with Gasteiger partial charge < -0.3 is 15.4 Å². The number of carbonyl (C=O) groups is 3. The van der Waals surface area contributed by atoms with E-state index in [0.29, 0.717) is 23.6 Å². The zero-order valence-corrected chi connectivity index (χ0v) is 15.2. The number of nitrogens with one attached hydrogen (secondary N) is 2. The van der Waals surface area contributed by atoms with Crippen molar-refractivity contribution in [2.75, 3.05) is 13.2 Å². The van der Waals surface area contributed by atoms with E-state index in [4.69, 9.17) is 4.74 Å². The highest BCUT2D eigenvalue weighted by atomic mass is 16.5. The highest BCUT2D eigenvalue weighted by Crippen LogP contribution is 2.14. The zero-order chi connectivity index (χ0) is 19.3. The molecule has 0 aromatic carbocycles. The van der Waals surface area contributed by atoms with Crippen LogP contribution in [0, 0.1) is 13.8 Å².